The first kappa shape index (κ1) is 9.83. The second kappa shape index (κ2) is 4.11. The van der Waals surface area contributed by atoms with Crippen LogP contribution in [0.3, 0.4) is 0 Å². The Kier molecular flexibility index (Phi) is 3.11. The van der Waals surface area contributed by atoms with Gasteiger partial charge in [-0.15, -0.1) is 0 Å². The van der Waals surface area contributed by atoms with Crippen molar-refractivity contribution in [1.82, 2.24) is 4.90 Å². The summed E-state index contributed by atoms with van der Waals surface area (Å²) in [6.07, 6.45) is 1.30. The van der Waals surface area contributed by atoms with E-state index in [0.717, 1.165) is 12.8 Å². The lowest BCUT2D eigenvalue weighted by Crippen LogP contribution is -2.43. The van der Waals surface area contributed by atoms with Crippen LogP contribution in [0.2, 0.25) is 0 Å². The molecule has 1 atom stereocenters. The van der Waals surface area contributed by atoms with Crippen LogP contribution in [0.5, 0.6) is 0 Å². The first-order valence-corrected chi connectivity index (χ1v) is 4.44. The fourth-order valence-electron chi connectivity index (χ4n) is 1.51. The van der Waals surface area contributed by atoms with E-state index < -0.39 is 0 Å². The van der Waals surface area contributed by atoms with Gasteiger partial charge in [0, 0.05) is 6.54 Å². The van der Waals surface area contributed by atoms with E-state index in [2.05, 4.69) is 0 Å². The quantitative estimate of drug-likeness (QED) is 0.487. The van der Waals surface area contributed by atoms with E-state index in [9.17, 15) is 4.79 Å². The van der Waals surface area contributed by atoms with Crippen LogP contribution in [0.4, 0.5) is 4.79 Å². The topological polar surface area (TPSA) is 79.4 Å². The lowest BCUT2D eigenvalue weighted by Gasteiger charge is -2.22. The number of nitrogens with two attached hydrogens (primary N) is 1. The summed E-state index contributed by atoms with van der Waals surface area (Å²) in [5, 5.41) is 7.28. The number of amidine groups is 1. The standard InChI is InChI=1S/C8H15N3O2/c1-2-13-8(12)11-5-3-4-6(11)7(9)10/h6H,2-5H2,1H3,(H3,9,10). The molecule has 1 fully saturated rings. The minimum atomic E-state index is -0.361. The zero-order valence-corrected chi connectivity index (χ0v) is 7.75. The van der Waals surface area contributed by atoms with Gasteiger partial charge in [-0.3, -0.25) is 10.3 Å². The summed E-state index contributed by atoms with van der Waals surface area (Å²) < 4.78 is 4.84. The summed E-state index contributed by atoms with van der Waals surface area (Å²) >= 11 is 0. The Morgan fingerprint density at radius 2 is 2.46 bits per heavy atom. The molecule has 13 heavy (non-hydrogen) atoms. The van der Waals surface area contributed by atoms with Gasteiger partial charge in [0.15, 0.2) is 0 Å². The monoisotopic (exact) mass is 185 g/mol. The summed E-state index contributed by atoms with van der Waals surface area (Å²) in [5.74, 6) is 0.0468. The van der Waals surface area contributed by atoms with Gasteiger partial charge in [0.2, 0.25) is 0 Å². The van der Waals surface area contributed by atoms with Gasteiger partial charge in [0.25, 0.3) is 0 Å². The molecule has 0 aromatic carbocycles. The lowest BCUT2D eigenvalue weighted by atomic mass is 10.2. The van der Waals surface area contributed by atoms with Gasteiger partial charge in [0.05, 0.1) is 12.6 Å². The fraction of sp³-hybridized carbons (Fsp3) is 0.750. The zero-order chi connectivity index (χ0) is 9.84. The molecule has 1 rings (SSSR count). The van der Waals surface area contributed by atoms with Crippen LogP contribution in [0, 0.1) is 5.41 Å². The van der Waals surface area contributed by atoms with Gasteiger partial charge in [-0.2, -0.15) is 0 Å². The first-order valence-electron chi connectivity index (χ1n) is 4.44. The fourth-order valence-corrected chi connectivity index (χ4v) is 1.51. The third kappa shape index (κ3) is 2.11. The highest BCUT2D eigenvalue weighted by atomic mass is 16.6. The van der Waals surface area contributed by atoms with E-state index in [1.165, 1.54) is 4.90 Å². The lowest BCUT2D eigenvalue weighted by molar-refractivity contribution is 0.110. The molecule has 74 valence electrons. The van der Waals surface area contributed by atoms with E-state index >= 15 is 0 Å². The predicted octanol–water partition coefficient (Wildman–Crippen LogP) is 0.543. The maximum atomic E-state index is 11.3. The second-order valence-corrected chi connectivity index (χ2v) is 3.01. The van der Waals surface area contributed by atoms with E-state index in [-0.39, 0.29) is 18.0 Å². The molecule has 5 heteroatoms. The van der Waals surface area contributed by atoms with Crippen molar-refractivity contribution < 1.29 is 9.53 Å². The van der Waals surface area contributed by atoms with Crippen molar-refractivity contribution in [2.45, 2.75) is 25.8 Å². The van der Waals surface area contributed by atoms with Crippen molar-refractivity contribution in [3.8, 4) is 0 Å². The molecule has 1 aliphatic heterocycles. The summed E-state index contributed by atoms with van der Waals surface area (Å²) in [6.45, 7) is 2.76. The Morgan fingerprint density at radius 3 is 3.00 bits per heavy atom. The van der Waals surface area contributed by atoms with E-state index in [1.54, 1.807) is 6.92 Å². The van der Waals surface area contributed by atoms with Crippen LogP contribution in [0.25, 0.3) is 0 Å². The molecular formula is C8H15N3O2. The van der Waals surface area contributed by atoms with Gasteiger partial charge in [0.1, 0.15) is 5.84 Å². The van der Waals surface area contributed by atoms with Crippen LogP contribution in [0.15, 0.2) is 0 Å². The van der Waals surface area contributed by atoms with Crippen molar-refractivity contribution in [2.24, 2.45) is 5.73 Å². The minimum absolute atomic E-state index is 0.0468. The molecule has 0 radical (unpaired) electrons. The molecule has 1 unspecified atom stereocenters. The first-order chi connectivity index (χ1) is 6.16. The zero-order valence-electron chi connectivity index (χ0n) is 7.75. The minimum Gasteiger partial charge on any atom is -0.450 e. The molecule has 0 saturated carbocycles. The number of hydrogen-bond donors (Lipinski definition) is 2. The number of amides is 1. The predicted molar refractivity (Wildman–Crippen MR) is 48.7 cm³/mol. The Bertz CT molecular complexity index is 217. The number of ether oxygens (including phenoxy) is 1. The van der Waals surface area contributed by atoms with Crippen LogP contribution in [0.1, 0.15) is 19.8 Å². The molecular weight excluding hydrogens is 170 g/mol. The second-order valence-electron chi connectivity index (χ2n) is 3.01. The number of carbonyl (C=O) groups is 1. The molecule has 1 saturated heterocycles. The smallest absolute Gasteiger partial charge is 0.410 e. The van der Waals surface area contributed by atoms with Crippen molar-refractivity contribution in [2.75, 3.05) is 13.2 Å². The molecule has 0 aromatic rings. The molecule has 1 heterocycles. The maximum Gasteiger partial charge on any atom is 0.410 e. The van der Waals surface area contributed by atoms with Crippen molar-refractivity contribution >= 4 is 11.9 Å². The Morgan fingerprint density at radius 1 is 1.77 bits per heavy atom. The largest absolute Gasteiger partial charge is 0.450 e. The van der Waals surface area contributed by atoms with Gasteiger partial charge < -0.3 is 10.5 Å². The normalized spacial score (nSPS) is 21.6. The average molecular weight is 185 g/mol. The number of nitrogens with one attached hydrogen (secondary N) is 1. The third-order valence-electron chi connectivity index (χ3n) is 2.11. The number of nitrogens with zero attached hydrogens (tertiary/aromatic N) is 1. The SMILES string of the molecule is CCOC(=O)N1CCCC1C(=N)N. The van der Waals surface area contributed by atoms with Gasteiger partial charge >= 0.3 is 6.09 Å². The number of likely N-dealkylation sites (tertiary alicyclic amines) is 1. The van der Waals surface area contributed by atoms with Crippen LogP contribution in [-0.4, -0.2) is 36.0 Å². The summed E-state index contributed by atoms with van der Waals surface area (Å²) in [6, 6.07) is -0.251. The number of hydrogen-bond acceptors (Lipinski definition) is 3. The Balaban J connectivity index is 2.57. The molecule has 0 bridgehead atoms. The van der Waals surface area contributed by atoms with Gasteiger partial charge in [-0.25, -0.2) is 4.79 Å². The number of carbonyl (C=O) groups excluding carboxylic acids is 1. The average Bonchev–Trinajstić information content (AvgIpc) is 2.52. The highest BCUT2D eigenvalue weighted by molar-refractivity contribution is 5.86. The summed E-state index contributed by atoms with van der Waals surface area (Å²) in [4.78, 5) is 12.8. The van der Waals surface area contributed by atoms with Crippen molar-refractivity contribution in [3.05, 3.63) is 0 Å². The Labute approximate surface area is 77.3 Å². The number of rotatable bonds is 2. The maximum absolute atomic E-state index is 11.3. The molecule has 3 N–H and O–H groups in total. The van der Waals surface area contributed by atoms with Crippen LogP contribution >= 0.6 is 0 Å². The van der Waals surface area contributed by atoms with Gasteiger partial charge in [-0.05, 0) is 19.8 Å². The summed E-state index contributed by atoms with van der Waals surface area (Å²) in [7, 11) is 0. The van der Waals surface area contributed by atoms with Gasteiger partial charge in [-0.1, -0.05) is 0 Å². The summed E-state index contributed by atoms with van der Waals surface area (Å²) in [5.41, 5.74) is 5.36. The molecule has 0 aromatic heterocycles. The Hall–Kier alpha value is -1.26. The van der Waals surface area contributed by atoms with Crippen LogP contribution < -0.4 is 5.73 Å². The molecule has 0 aliphatic carbocycles. The highest BCUT2D eigenvalue weighted by Gasteiger charge is 2.31. The molecule has 5 nitrogen and oxygen atoms in total. The van der Waals surface area contributed by atoms with Crippen molar-refractivity contribution in [1.29, 1.82) is 5.41 Å². The van der Waals surface area contributed by atoms with Crippen LogP contribution in [-0.2, 0) is 4.74 Å². The molecule has 1 amide bonds. The van der Waals surface area contributed by atoms with E-state index in [1.807, 2.05) is 0 Å². The van der Waals surface area contributed by atoms with E-state index in [4.69, 9.17) is 15.9 Å². The van der Waals surface area contributed by atoms with E-state index in [0.29, 0.717) is 13.2 Å². The van der Waals surface area contributed by atoms with Crippen molar-refractivity contribution in [3.63, 3.8) is 0 Å². The third-order valence-corrected chi connectivity index (χ3v) is 2.11. The molecule has 0 spiro atoms. The molecule has 1 aliphatic rings. The highest BCUT2D eigenvalue weighted by Crippen LogP contribution is 2.17.